The normalized spacial score (nSPS) is 16.9. The number of carbonyl (C=O) groups excluding carboxylic acids is 1. The van der Waals surface area contributed by atoms with Gasteiger partial charge in [0, 0.05) is 24.4 Å². The topological polar surface area (TPSA) is 82.0 Å². The standard InChI is InChI=1S/C25H22Cl2FN3O4/c1-14-8-15(4-6-19(14)28)20-10-25(2,35-31-20)13-34-22-9-16(5-7-21(22)33-3)24(32)30-23-17(26)11-29-12-18(23)27/h4-9,11-12H,10,13H2,1-3H3,(H,29,30,32). The summed E-state index contributed by atoms with van der Waals surface area (Å²) >= 11 is 12.2. The highest BCUT2D eigenvalue weighted by Gasteiger charge is 2.36. The van der Waals surface area contributed by atoms with Crippen LogP contribution in [0, 0.1) is 12.7 Å². The van der Waals surface area contributed by atoms with E-state index in [1.807, 2.05) is 6.92 Å². The van der Waals surface area contributed by atoms with Crippen molar-refractivity contribution in [2.75, 3.05) is 19.0 Å². The summed E-state index contributed by atoms with van der Waals surface area (Å²) in [5, 5.41) is 7.30. The van der Waals surface area contributed by atoms with Gasteiger partial charge in [0.2, 0.25) is 0 Å². The maximum atomic E-state index is 13.6. The van der Waals surface area contributed by atoms with Crippen LogP contribution in [0.15, 0.2) is 53.9 Å². The predicted molar refractivity (Wildman–Crippen MR) is 132 cm³/mol. The van der Waals surface area contributed by atoms with Gasteiger partial charge >= 0.3 is 0 Å². The van der Waals surface area contributed by atoms with Crippen molar-refractivity contribution >= 4 is 40.5 Å². The average molecular weight is 518 g/mol. The second-order valence-corrected chi connectivity index (χ2v) is 9.12. The van der Waals surface area contributed by atoms with Crippen molar-refractivity contribution in [3.63, 3.8) is 0 Å². The Morgan fingerprint density at radius 2 is 1.91 bits per heavy atom. The molecule has 2 heterocycles. The van der Waals surface area contributed by atoms with Crippen molar-refractivity contribution in [3.8, 4) is 11.5 Å². The molecule has 1 atom stereocenters. The molecular formula is C25H22Cl2FN3O4. The van der Waals surface area contributed by atoms with E-state index >= 15 is 0 Å². The molecular weight excluding hydrogens is 496 g/mol. The number of nitrogens with zero attached hydrogens (tertiary/aromatic N) is 2. The molecule has 4 rings (SSSR count). The van der Waals surface area contributed by atoms with E-state index in [0.29, 0.717) is 34.8 Å². The van der Waals surface area contributed by atoms with Gasteiger partial charge in [0.25, 0.3) is 5.91 Å². The van der Waals surface area contributed by atoms with Crippen LogP contribution in [0.1, 0.15) is 34.8 Å². The van der Waals surface area contributed by atoms with Crippen LogP contribution in [0.2, 0.25) is 10.0 Å². The number of nitrogens with one attached hydrogen (secondary N) is 1. The number of aryl methyl sites for hydroxylation is 1. The first-order chi connectivity index (χ1) is 16.7. The molecule has 0 saturated carbocycles. The fourth-order valence-electron chi connectivity index (χ4n) is 3.52. The smallest absolute Gasteiger partial charge is 0.255 e. The Labute approximate surface area is 211 Å². The van der Waals surface area contributed by atoms with E-state index in [2.05, 4.69) is 15.5 Å². The number of amides is 1. The van der Waals surface area contributed by atoms with Crippen LogP contribution >= 0.6 is 23.2 Å². The number of ether oxygens (including phenoxy) is 2. The SMILES string of the molecule is COc1ccc(C(=O)Nc2c(Cl)cncc2Cl)cc1OCC1(C)CC(c2ccc(F)c(C)c2)=NO1. The van der Waals surface area contributed by atoms with Gasteiger partial charge in [-0.05, 0) is 55.3 Å². The van der Waals surface area contributed by atoms with Gasteiger partial charge in [-0.3, -0.25) is 9.78 Å². The van der Waals surface area contributed by atoms with Crippen molar-refractivity contribution in [1.29, 1.82) is 0 Å². The Bertz CT molecular complexity index is 1300. The lowest BCUT2D eigenvalue weighted by Gasteiger charge is -2.22. The first kappa shape index (κ1) is 24.8. The predicted octanol–water partition coefficient (Wildman–Crippen LogP) is 6.06. The first-order valence-corrected chi connectivity index (χ1v) is 11.4. The Balaban J connectivity index is 1.47. The van der Waals surface area contributed by atoms with E-state index in [-0.39, 0.29) is 28.2 Å². The maximum Gasteiger partial charge on any atom is 0.255 e. The number of oxime groups is 1. The number of hydrogen-bond acceptors (Lipinski definition) is 6. The molecule has 1 aromatic heterocycles. The molecule has 0 saturated heterocycles. The van der Waals surface area contributed by atoms with Gasteiger partial charge in [0.15, 0.2) is 17.1 Å². The molecule has 7 nitrogen and oxygen atoms in total. The number of methoxy groups -OCH3 is 1. The zero-order valence-electron chi connectivity index (χ0n) is 19.2. The molecule has 0 fully saturated rings. The highest BCUT2D eigenvalue weighted by molar-refractivity contribution is 6.39. The van der Waals surface area contributed by atoms with Crippen LogP contribution in [0.5, 0.6) is 11.5 Å². The molecule has 1 aliphatic rings. The number of anilines is 1. The van der Waals surface area contributed by atoms with Gasteiger partial charge in [0.05, 0.1) is 28.6 Å². The summed E-state index contributed by atoms with van der Waals surface area (Å²) in [5.74, 6) is 0.0818. The maximum absolute atomic E-state index is 13.6. The molecule has 1 unspecified atom stereocenters. The minimum Gasteiger partial charge on any atom is -0.493 e. The number of hydrogen-bond donors (Lipinski definition) is 1. The molecule has 10 heteroatoms. The Morgan fingerprint density at radius 1 is 1.17 bits per heavy atom. The van der Waals surface area contributed by atoms with Crippen LogP contribution in [-0.4, -0.2) is 35.9 Å². The third-order valence-electron chi connectivity index (χ3n) is 5.46. The fourth-order valence-corrected chi connectivity index (χ4v) is 3.98. The lowest BCUT2D eigenvalue weighted by Crippen LogP contribution is -2.33. The molecule has 0 aliphatic carbocycles. The van der Waals surface area contributed by atoms with Crippen molar-refractivity contribution in [2.24, 2.45) is 5.16 Å². The lowest BCUT2D eigenvalue weighted by atomic mass is 9.96. The van der Waals surface area contributed by atoms with Crippen LogP contribution in [0.3, 0.4) is 0 Å². The van der Waals surface area contributed by atoms with Gasteiger partial charge in [-0.2, -0.15) is 0 Å². The van der Waals surface area contributed by atoms with Gasteiger partial charge in [0.1, 0.15) is 12.4 Å². The number of pyridine rings is 1. The summed E-state index contributed by atoms with van der Waals surface area (Å²) in [5.41, 5.74) is 1.83. The molecule has 1 aliphatic heterocycles. The van der Waals surface area contributed by atoms with E-state index in [1.54, 1.807) is 37.3 Å². The molecule has 3 aromatic rings. The van der Waals surface area contributed by atoms with Crippen LogP contribution in [0.4, 0.5) is 10.1 Å². The third kappa shape index (κ3) is 5.49. The minimum absolute atomic E-state index is 0.129. The number of carbonyl (C=O) groups is 1. The second-order valence-electron chi connectivity index (χ2n) is 8.31. The molecule has 1 amide bonds. The quantitative estimate of drug-likeness (QED) is 0.411. The average Bonchev–Trinajstić information content (AvgIpc) is 3.24. The summed E-state index contributed by atoms with van der Waals surface area (Å²) in [6, 6.07) is 9.59. The van der Waals surface area contributed by atoms with E-state index in [9.17, 15) is 9.18 Å². The van der Waals surface area contributed by atoms with Crippen molar-refractivity contribution in [3.05, 3.63) is 81.3 Å². The summed E-state index contributed by atoms with van der Waals surface area (Å²) < 4.78 is 25.0. The van der Waals surface area contributed by atoms with E-state index in [1.165, 1.54) is 25.6 Å². The molecule has 0 bridgehead atoms. The van der Waals surface area contributed by atoms with Crippen LogP contribution in [-0.2, 0) is 4.84 Å². The Kier molecular flexibility index (Phi) is 7.14. The second kappa shape index (κ2) is 10.1. The van der Waals surface area contributed by atoms with Crippen molar-refractivity contribution in [1.82, 2.24) is 4.98 Å². The fraction of sp³-hybridized carbons (Fsp3) is 0.240. The highest BCUT2D eigenvalue weighted by Crippen LogP contribution is 2.34. The van der Waals surface area contributed by atoms with E-state index in [4.69, 9.17) is 37.5 Å². The summed E-state index contributed by atoms with van der Waals surface area (Å²) in [6.07, 6.45) is 3.23. The highest BCUT2D eigenvalue weighted by atomic mass is 35.5. The van der Waals surface area contributed by atoms with Gasteiger partial charge in [-0.25, -0.2) is 4.39 Å². The number of benzene rings is 2. The van der Waals surface area contributed by atoms with Crippen LogP contribution in [0.25, 0.3) is 0 Å². The number of halogens is 3. The molecule has 2 aromatic carbocycles. The van der Waals surface area contributed by atoms with Crippen LogP contribution < -0.4 is 14.8 Å². The van der Waals surface area contributed by atoms with E-state index in [0.717, 1.165) is 5.56 Å². The monoisotopic (exact) mass is 517 g/mol. The number of rotatable bonds is 7. The first-order valence-electron chi connectivity index (χ1n) is 10.6. The Morgan fingerprint density at radius 3 is 2.60 bits per heavy atom. The lowest BCUT2D eigenvalue weighted by molar-refractivity contribution is -0.0361. The molecule has 1 N–H and O–H groups in total. The zero-order valence-corrected chi connectivity index (χ0v) is 20.7. The van der Waals surface area contributed by atoms with Gasteiger partial charge in [-0.15, -0.1) is 0 Å². The minimum atomic E-state index is -0.765. The molecule has 0 spiro atoms. The van der Waals surface area contributed by atoms with Gasteiger partial charge in [-0.1, -0.05) is 34.4 Å². The van der Waals surface area contributed by atoms with Gasteiger partial charge < -0.3 is 19.6 Å². The number of aromatic nitrogens is 1. The molecule has 0 radical (unpaired) electrons. The summed E-state index contributed by atoms with van der Waals surface area (Å²) in [7, 11) is 1.50. The van der Waals surface area contributed by atoms with Crippen molar-refractivity contribution in [2.45, 2.75) is 25.9 Å². The largest absolute Gasteiger partial charge is 0.493 e. The zero-order chi connectivity index (χ0) is 25.2. The Hall–Kier alpha value is -3.36. The molecule has 35 heavy (non-hydrogen) atoms. The summed E-state index contributed by atoms with van der Waals surface area (Å²) in [4.78, 5) is 22.4. The summed E-state index contributed by atoms with van der Waals surface area (Å²) in [6.45, 7) is 3.68. The third-order valence-corrected chi connectivity index (χ3v) is 6.03. The van der Waals surface area contributed by atoms with E-state index < -0.39 is 11.5 Å². The molecule has 182 valence electrons. The van der Waals surface area contributed by atoms with Crippen molar-refractivity contribution < 1.29 is 23.5 Å².